The van der Waals surface area contributed by atoms with Gasteiger partial charge in [0.05, 0.1) is 22.8 Å². The van der Waals surface area contributed by atoms with E-state index in [1.165, 1.54) is 17.0 Å². The molecule has 2 aromatic carbocycles. The Kier molecular flexibility index (Phi) is 10.5. The lowest BCUT2D eigenvalue weighted by Gasteiger charge is -2.37. The van der Waals surface area contributed by atoms with E-state index < -0.39 is 0 Å². The van der Waals surface area contributed by atoms with Crippen LogP contribution in [0.25, 0.3) is 0 Å². The summed E-state index contributed by atoms with van der Waals surface area (Å²) >= 11 is 7.57. The summed E-state index contributed by atoms with van der Waals surface area (Å²) in [6.45, 7) is 12.0. The van der Waals surface area contributed by atoms with Crippen molar-refractivity contribution >= 4 is 68.8 Å². The summed E-state index contributed by atoms with van der Waals surface area (Å²) in [4.78, 5) is 61.1. The first kappa shape index (κ1) is 36.4. The molecule has 2 bridgehead atoms. The minimum Gasteiger partial charge on any atom is -0.369 e. The first-order valence-corrected chi connectivity index (χ1v) is 19.9. The van der Waals surface area contributed by atoms with Crippen LogP contribution in [-0.4, -0.2) is 107 Å². The summed E-state index contributed by atoms with van der Waals surface area (Å²) in [6.07, 6.45) is 4.82. The molecule has 6 heterocycles. The predicted molar refractivity (Wildman–Crippen MR) is 212 cm³/mol. The van der Waals surface area contributed by atoms with E-state index in [1.807, 2.05) is 44.2 Å². The molecule has 3 atom stereocenters. The Labute approximate surface area is 324 Å². The van der Waals surface area contributed by atoms with E-state index in [1.54, 1.807) is 12.3 Å². The third-order valence-corrected chi connectivity index (χ3v) is 12.3. The lowest BCUT2D eigenvalue weighted by molar-refractivity contribution is -0.134. The van der Waals surface area contributed by atoms with Crippen molar-refractivity contribution in [1.82, 2.24) is 30.1 Å². The Bertz CT molecular complexity index is 2010. The van der Waals surface area contributed by atoms with Crippen LogP contribution < -0.4 is 25.8 Å². The monoisotopic (exact) mass is 768 g/mol. The lowest BCUT2D eigenvalue weighted by atomic mass is 9.90. The highest BCUT2D eigenvalue weighted by Crippen LogP contribution is 2.35. The van der Waals surface area contributed by atoms with Gasteiger partial charge in [0.1, 0.15) is 22.3 Å². The number of halogens is 1. The van der Waals surface area contributed by atoms with Crippen LogP contribution in [0.1, 0.15) is 58.2 Å². The molecular formula is C39H45ClN10O3S. The summed E-state index contributed by atoms with van der Waals surface area (Å²) in [5.74, 6) is 1.39. The SMILES string of the molecule is Cc1nc(Nc2ncc(C(=O)Nc3c(C)cccc3Cl)s2)cc(N2C[C@@H]3C[C@H]2CN3CCCN2CCN(c3ccc(C4CCC(=O)NC4=O)cc3)CC2)n1. The first-order valence-electron chi connectivity index (χ1n) is 18.7. The molecule has 3 amide bonds. The van der Waals surface area contributed by atoms with Crippen molar-refractivity contribution in [2.45, 2.75) is 57.5 Å². The van der Waals surface area contributed by atoms with Crippen LogP contribution in [0.15, 0.2) is 54.7 Å². The molecule has 15 heteroatoms. The van der Waals surface area contributed by atoms with Gasteiger partial charge in [-0.05, 0) is 75.5 Å². The van der Waals surface area contributed by atoms with Crippen LogP contribution in [0.4, 0.5) is 28.1 Å². The van der Waals surface area contributed by atoms with Crippen LogP contribution in [0, 0.1) is 13.8 Å². The number of likely N-dealkylation sites (tertiary alicyclic amines) is 1. The van der Waals surface area contributed by atoms with Crippen LogP contribution in [-0.2, 0) is 9.59 Å². The van der Waals surface area contributed by atoms with E-state index in [0.717, 1.165) is 82.1 Å². The number of aromatic nitrogens is 3. The van der Waals surface area contributed by atoms with Gasteiger partial charge in [-0.25, -0.2) is 15.0 Å². The Hall–Kier alpha value is -4.63. The molecule has 4 aromatic rings. The standard InChI is InChI=1S/C39H45ClN10O3S/c1-24-5-3-6-31(40)36(24)46-38(53)32-21-41-39(54-32)44-33-20-34(43-25(2)42-33)50-23-28-19-29(50)22-49(28)14-4-13-47-15-17-48(18-16-47)27-9-7-26(8-10-27)30-11-12-35(51)45-37(30)52/h3,5-10,20-21,28-30H,4,11-19,22-23H2,1-2H3,(H,46,53)(H,45,51,52)(H,41,42,43,44)/t28-,29-,30?/m0/s1. The highest BCUT2D eigenvalue weighted by atomic mass is 35.5. The lowest BCUT2D eigenvalue weighted by Crippen LogP contribution is -2.49. The molecule has 13 nitrogen and oxygen atoms in total. The van der Waals surface area contributed by atoms with Gasteiger partial charge in [0.15, 0.2) is 5.13 Å². The third kappa shape index (κ3) is 7.92. The molecule has 0 radical (unpaired) electrons. The number of carbonyl (C=O) groups is 3. The average Bonchev–Trinajstić information content (AvgIpc) is 3.91. The van der Waals surface area contributed by atoms with Gasteiger partial charge in [0.2, 0.25) is 11.8 Å². The summed E-state index contributed by atoms with van der Waals surface area (Å²) in [6, 6.07) is 16.8. The summed E-state index contributed by atoms with van der Waals surface area (Å²) in [5.41, 5.74) is 3.66. The number of aryl methyl sites for hydroxylation is 2. The Morgan fingerprint density at radius 3 is 2.56 bits per heavy atom. The molecule has 0 spiro atoms. The number of carbonyl (C=O) groups excluding carboxylic acids is 3. The van der Waals surface area contributed by atoms with Crippen LogP contribution >= 0.6 is 22.9 Å². The van der Waals surface area contributed by atoms with Gasteiger partial charge in [-0.3, -0.25) is 29.5 Å². The van der Waals surface area contributed by atoms with Crippen LogP contribution in [0.3, 0.4) is 0 Å². The Balaban J connectivity index is 0.783. The molecule has 0 aliphatic carbocycles. The van der Waals surface area contributed by atoms with Gasteiger partial charge in [-0.15, -0.1) is 0 Å². The summed E-state index contributed by atoms with van der Waals surface area (Å²) in [7, 11) is 0. The second-order valence-corrected chi connectivity index (χ2v) is 16.1. The molecule has 2 aromatic heterocycles. The number of amides is 3. The van der Waals surface area contributed by atoms with Gasteiger partial charge in [0.25, 0.3) is 5.91 Å². The topological polar surface area (TPSA) is 139 Å². The molecule has 4 saturated heterocycles. The molecule has 4 aliphatic heterocycles. The van der Waals surface area contributed by atoms with Crippen LogP contribution in [0.2, 0.25) is 5.02 Å². The third-order valence-electron chi connectivity index (χ3n) is 11.1. The molecule has 3 N–H and O–H groups in total. The van der Waals surface area contributed by atoms with Crippen molar-refractivity contribution in [3.8, 4) is 0 Å². The molecule has 4 fully saturated rings. The minimum absolute atomic E-state index is 0.179. The average molecular weight is 769 g/mol. The maximum Gasteiger partial charge on any atom is 0.267 e. The zero-order chi connectivity index (χ0) is 37.3. The van der Waals surface area contributed by atoms with Gasteiger partial charge in [0, 0.05) is 69.5 Å². The van der Waals surface area contributed by atoms with Gasteiger partial charge in [-0.1, -0.05) is 47.2 Å². The van der Waals surface area contributed by atoms with E-state index in [9.17, 15) is 14.4 Å². The van der Waals surface area contributed by atoms with Gasteiger partial charge in [-0.2, -0.15) is 0 Å². The number of hydrogen-bond acceptors (Lipinski definition) is 12. The van der Waals surface area contributed by atoms with Crippen LogP contribution in [0.5, 0.6) is 0 Å². The summed E-state index contributed by atoms with van der Waals surface area (Å²) < 4.78 is 0. The van der Waals surface area contributed by atoms with E-state index in [0.29, 0.717) is 57.3 Å². The number of thiazole rings is 1. The number of nitrogens with one attached hydrogen (secondary N) is 3. The predicted octanol–water partition coefficient (Wildman–Crippen LogP) is 5.19. The zero-order valence-electron chi connectivity index (χ0n) is 30.6. The number of benzene rings is 2. The van der Waals surface area contributed by atoms with Gasteiger partial charge < -0.3 is 20.4 Å². The number of fused-ring (bicyclic) bond motifs is 2. The van der Waals surface area contributed by atoms with E-state index in [2.05, 4.69) is 57.7 Å². The minimum atomic E-state index is -0.260. The number of anilines is 5. The smallest absolute Gasteiger partial charge is 0.267 e. The van der Waals surface area contributed by atoms with Crippen molar-refractivity contribution in [1.29, 1.82) is 0 Å². The number of piperazine rings is 2. The second-order valence-electron chi connectivity index (χ2n) is 14.7. The number of rotatable bonds is 11. The molecule has 54 heavy (non-hydrogen) atoms. The fraction of sp³-hybridized carbons (Fsp3) is 0.436. The maximum absolute atomic E-state index is 13.0. The maximum atomic E-state index is 13.0. The van der Waals surface area contributed by atoms with Crippen molar-refractivity contribution in [3.63, 3.8) is 0 Å². The van der Waals surface area contributed by atoms with Crippen molar-refractivity contribution < 1.29 is 14.4 Å². The van der Waals surface area contributed by atoms with Crippen molar-refractivity contribution in [3.05, 3.63) is 81.6 Å². The summed E-state index contributed by atoms with van der Waals surface area (Å²) in [5, 5.41) is 9.74. The Morgan fingerprint density at radius 2 is 1.81 bits per heavy atom. The van der Waals surface area contributed by atoms with E-state index in [-0.39, 0.29) is 23.6 Å². The van der Waals surface area contributed by atoms with Crippen molar-refractivity contribution in [2.24, 2.45) is 0 Å². The molecular weight excluding hydrogens is 724 g/mol. The fourth-order valence-corrected chi connectivity index (χ4v) is 9.22. The zero-order valence-corrected chi connectivity index (χ0v) is 32.1. The molecule has 282 valence electrons. The first-order chi connectivity index (χ1) is 26.2. The quantitative estimate of drug-likeness (QED) is 0.174. The molecule has 4 aliphatic rings. The number of hydrogen-bond donors (Lipinski definition) is 3. The Morgan fingerprint density at radius 1 is 1.00 bits per heavy atom. The number of imide groups is 1. The largest absolute Gasteiger partial charge is 0.369 e. The highest BCUT2D eigenvalue weighted by molar-refractivity contribution is 7.17. The van der Waals surface area contributed by atoms with Gasteiger partial charge >= 0.3 is 0 Å². The van der Waals surface area contributed by atoms with Crippen molar-refractivity contribution in [2.75, 3.05) is 72.8 Å². The molecule has 0 saturated carbocycles. The fourth-order valence-electron chi connectivity index (χ4n) is 8.23. The normalized spacial score (nSPS) is 21.8. The molecule has 8 rings (SSSR count). The number of para-hydroxylation sites is 1. The molecule has 1 unspecified atom stereocenters. The number of piperidine rings is 1. The van der Waals surface area contributed by atoms with E-state index >= 15 is 0 Å². The number of nitrogens with zero attached hydrogens (tertiary/aromatic N) is 7. The van der Waals surface area contributed by atoms with E-state index in [4.69, 9.17) is 16.6 Å². The highest BCUT2D eigenvalue weighted by Gasteiger charge is 2.43. The second kappa shape index (κ2) is 15.6.